The van der Waals surface area contributed by atoms with E-state index in [1.54, 1.807) is 48.5 Å². The third-order valence-electron chi connectivity index (χ3n) is 7.30. The summed E-state index contributed by atoms with van der Waals surface area (Å²) in [7, 11) is -4.22. The second-order valence-corrected chi connectivity index (χ2v) is 14.0. The number of rotatable bonds is 12. The predicted octanol–water partition coefficient (Wildman–Crippen LogP) is 6.97. The summed E-state index contributed by atoms with van der Waals surface area (Å²) in [5.74, 6) is -0.903. The fourth-order valence-electron chi connectivity index (χ4n) is 4.82. The first-order chi connectivity index (χ1) is 21.3. The van der Waals surface area contributed by atoms with Gasteiger partial charge >= 0.3 is 0 Å². The summed E-state index contributed by atoms with van der Waals surface area (Å²) in [6.07, 6.45) is 0.222. The molecule has 0 bridgehead atoms. The number of nitrogens with zero attached hydrogens (tertiary/aromatic N) is 2. The van der Waals surface area contributed by atoms with Crippen molar-refractivity contribution in [2.75, 3.05) is 10.8 Å². The van der Waals surface area contributed by atoms with E-state index in [9.17, 15) is 18.0 Å². The van der Waals surface area contributed by atoms with E-state index < -0.39 is 28.5 Å². The highest BCUT2D eigenvalue weighted by atomic mass is 35.5. The molecule has 4 rings (SSSR count). The minimum atomic E-state index is -4.22. The van der Waals surface area contributed by atoms with E-state index in [4.69, 9.17) is 23.2 Å². The van der Waals surface area contributed by atoms with Gasteiger partial charge in [-0.3, -0.25) is 13.9 Å². The molecule has 0 heterocycles. The Morgan fingerprint density at radius 1 is 0.822 bits per heavy atom. The van der Waals surface area contributed by atoms with Gasteiger partial charge in [-0.25, -0.2) is 8.42 Å². The van der Waals surface area contributed by atoms with Gasteiger partial charge in [0, 0.05) is 29.1 Å². The number of anilines is 1. The Morgan fingerprint density at radius 3 is 2.07 bits per heavy atom. The number of hydrogen-bond acceptors (Lipinski definition) is 4. The molecule has 0 aliphatic heterocycles. The summed E-state index contributed by atoms with van der Waals surface area (Å²) in [4.78, 5) is 29.7. The normalized spacial score (nSPS) is 12.1. The summed E-state index contributed by atoms with van der Waals surface area (Å²) in [5.41, 5.74) is 3.47. The van der Waals surface area contributed by atoms with Gasteiger partial charge < -0.3 is 10.2 Å². The van der Waals surface area contributed by atoms with Crippen molar-refractivity contribution in [1.82, 2.24) is 10.2 Å². The summed E-state index contributed by atoms with van der Waals surface area (Å²) in [6, 6.07) is 26.6. The van der Waals surface area contributed by atoms with Crippen molar-refractivity contribution in [3.05, 3.63) is 129 Å². The third kappa shape index (κ3) is 8.87. The highest BCUT2D eigenvalue weighted by Gasteiger charge is 2.35. The van der Waals surface area contributed by atoms with Crippen LogP contribution in [0.25, 0.3) is 0 Å². The zero-order chi connectivity index (χ0) is 32.7. The maximum Gasteiger partial charge on any atom is 0.264 e. The SMILES string of the molecule is Cc1ccc(S(=O)(=O)N(CC(=O)N(Cc2ccc(Cl)cc2)[C@@H](Cc2ccccc2)C(=O)NC(C)C)c2ccc(C)c(Cl)c2)cc1. The van der Waals surface area contributed by atoms with E-state index >= 15 is 0 Å². The Labute approximate surface area is 275 Å². The second kappa shape index (κ2) is 15.0. The molecule has 0 fully saturated rings. The highest BCUT2D eigenvalue weighted by Crippen LogP contribution is 2.29. The van der Waals surface area contributed by atoms with Crippen LogP contribution >= 0.6 is 23.2 Å². The number of benzene rings is 4. The number of hydrogen-bond donors (Lipinski definition) is 1. The predicted molar refractivity (Wildman–Crippen MR) is 181 cm³/mol. The van der Waals surface area contributed by atoms with Crippen molar-refractivity contribution in [3.63, 3.8) is 0 Å². The first-order valence-electron chi connectivity index (χ1n) is 14.6. The van der Waals surface area contributed by atoms with E-state index in [2.05, 4.69) is 5.32 Å². The molecule has 10 heteroatoms. The smallest absolute Gasteiger partial charge is 0.264 e. The largest absolute Gasteiger partial charge is 0.352 e. The minimum Gasteiger partial charge on any atom is -0.352 e. The van der Waals surface area contributed by atoms with Gasteiger partial charge in [-0.2, -0.15) is 0 Å². The van der Waals surface area contributed by atoms with E-state index in [-0.39, 0.29) is 35.5 Å². The number of aryl methyl sites for hydroxylation is 2. The van der Waals surface area contributed by atoms with Gasteiger partial charge in [-0.05, 0) is 80.8 Å². The average molecular weight is 667 g/mol. The van der Waals surface area contributed by atoms with E-state index in [0.717, 1.165) is 26.6 Å². The fraction of sp³-hybridized carbons (Fsp3) is 0.257. The summed E-state index contributed by atoms with van der Waals surface area (Å²) in [5, 5.41) is 3.84. The van der Waals surface area contributed by atoms with Gasteiger partial charge in [0.1, 0.15) is 12.6 Å². The molecule has 2 amide bonds. The topological polar surface area (TPSA) is 86.8 Å². The number of amides is 2. The van der Waals surface area contributed by atoms with Crippen LogP contribution in [-0.2, 0) is 32.6 Å². The zero-order valence-corrected chi connectivity index (χ0v) is 28.0. The zero-order valence-electron chi connectivity index (χ0n) is 25.7. The maximum absolute atomic E-state index is 14.5. The molecule has 0 saturated carbocycles. The van der Waals surface area contributed by atoms with Gasteiger partial charge in [-0.15, -0.1) is 0 Å². The van der Waals surface area contributed by atoms with E-state index in [0.29, 0.717) is 10.0 Å². The quantitative estimate of drug-likeness (QED) is 0.177. The highest BCUT2D eigenvalue weighted by molar-refractivity contribution is 7.92. The Kier molecular flexibility index (Phi) is 11.3. The third-order valence-corrected chi connectivity index (χ3v) is 9.75. The Balaban J connectivity index is 1.82. The van der Waals surface area contributed by atoms with Gasteiger partial charge in [0.15, 0.2) is 0 Å². The van der Waals surface area contributed by atoms with Crippen LogP contribution in [0.5, 0.6) is 0 Å². The lowest BCUT2D eigenvalue weighted by Gasteiger charge is -2.34. The molecular weight excluding hydrogens is 629 g/mol. The Morgan fingerprint density at radius 2 is 1.47 bits per heavy atom. The lowest BCUT2D eigenvalue weighted by molar-refractivity contribution is -0.140. The lowest BCUT2D eigenvalue weighted by atomic mass is 10.0. The molecule has 236 valence electrons. The van der Waals surface area contributed by atoms with Crippen molar-refractivity contribution in [2.24, 2.45) is 0 Å². The molecule has 0 aliphatic rings. The molecule has 45 heavy (non-hydrogen) atoms. The molecule has 4 aromatic carbocycles. The summed E-state index contributed by atoms with van der Waals surface area (Å²) < 4.78 is 29.4. The molecule has 0 spiro atoms. The fourth-order valence-corrected chi connectivity index (χ4v) is 6.53. The van der Waals surface area contributed by atoms with Crippen molar-refractivity contribution < 1.29 is 18.0 Å². The van der Waals surface area contributed by atoms with Crippen LogP contribution in [0.2, 0.25) is 10.0 Å². The molecule has 0 saturated heterocycles. The van der Waals surface area contributed by atoms with Crippen LogP contribution in [0.1, 0.15) is 36.1 Å². The average Bonchev–Trinajstić information content (AvgIpc) is 3.00. The van der Waals surface area contributed by atoms with Gasteiger partial charge in [0.05, 0.1) is 10.6 Å². The van der Waals surface area contributed by atoms with Crippen molar-refractivity contribution >= 4 is 50.7 Å². The molecule has 0 radical (unpaired) electrons. The summed E-state index contributed by atoms with van der Waals surface area (Å²) in [6.45, 7) is 6.85. The molecule has 7 nitrogen and oxygen atoms in total. The van der Waals surface area contributed by atoms with Crippen LogP contribution in [0.3, 0.4) is 0 Å². The summed E-state index contributed by atoms with van der Waals surface area (Å²) >= 11 is 12.6. The number of nitrogens with one attached hydrogen (secondary N) is 1. The lowest BCUT2D eigenvalue weighted by Crippen LogP contribution is -2.54. The number of carbonyl (C=O) groups excluding carboxylic acids is 2. The molecule has 4 aromatic rings. The minimum absolute atomic E-state index is 0.0280. The maximum atomic E-state index is 14.5. The van der Waals surface area contributed by atoms with Crippen molar-refractivity contribution in [2.45, 2.75) is 57.6 Å². The first-order valence-corrected chi connectivity index (χ1v) is 16.8. The van der Waals surface area contributed by atoms with Crippen molar-refractivity contribution in [1.29, 1.82) is 0 Å². The Hall–Kier alpha value is -3.85. The molecule has 0 aromatic heterocycles. The second-order valence-electron chi connectivity index (χ2n) is 11.3. The number of carbonyl (C=O) groups is 2. The standard InChI is InChI=1S/C35H37Cl2N3O4S/c1-24(2)38-35(42)33(20-27-8-6-5-7-9-27)39(22-28-13-15-29(36)16-14-28)34(41)23-40(30-17-12-26(4)32(37)21-30)45(43,44)31-18-10-25(3)11-19-31/h5-19,21,24,33H,20,22-23H2,1-4H3,(H,38,42)/t33-/m0/s1. The van der Waals surface area contributed by atoms with Crippen LogP contribution in [0.15, 0.2) is 102 Å². The number of halogens is 2. The van der Waals surface area contributed by atoms with Gasteiger partial charge in [0.2, 0.25) is 11.8 Å². The van der Waals surface area contributed by atoms with E-state index in [1.807, 2.05) is 58.0 Å². The van der Waals surface area contributed by atoms with Gasteiger partial charge in [0.25, 0.3) is 10.0 Å². The van der Waals surface area contributed by atoms with Gasteiger partial charge in [-0.1, -0.05) is 89.4 Å². The molecule has 1 N–H and O–H groups in total. The monoisotopic (exact) mass is 665 g/mol. The van der Waals surface area contributed by atoms with Crippen LogP contribution < -0.4 is 9.62 Å². The van der Waals surface area contributed by atoms with E-state index in [1.165, 1.54) is 23.1 Å². The molecule has 1 atom stereocenters. The molecular formula is C35H37Cl2N3O4S. The molecule has 0 unspecified atom stereocenters. The Bertz CT molecular complexity index is 1730. The number of sulfonamides is 1. The molecule has 0 aliphatic carbocycles. The van der Waals surface area contributed by atoms with Crippen LogP contribution in [0.4, 0.5) is 5.69 Å². The first kappa shape index (κ1) is 34.0. The van der Waals surface area contributed by atoms with Crippen LogP contribution in [-0.4, -0.2) is 43.8 Å². The van der Waals surface area contributed by atoms with Crippen molar-refractivity contribution in [3.8, 4) is 0 Å². The van der Waals surface area contributed by atoms with Crippen LogP contribution in [0, 0.1) is 13.8 Å².